The van der Waals surface area contributed by atoms with Crippen LogP contribution in [-0.2, 0) is 27.2 Å². The molecule has 194 valence electrons. The zero-order chi connectivity index (χ0) is 26.7. The third-order valence-corrected chi connectivity index (χ3v) is 5.21. The van der Waals surface area contributed by atoms with Crippen molar-refractivity contribution in [1.82, 2.24) is 20.3 Å². The molecular formula is C24H31N5O7. The maximum absolute atomic E-state index is 12.3. The summed E-state index contributed by atoms with van der Waals surface area (Å²) in [6.45, 7) is 5.67. The Morgan fingerprint density at radius 3 is 2.33 bits per heavy atom. The third-order valence-electron chi connectivity index (χ3n) is 5.21. The minimum absolute atomic E-state index is 0.0351. The Hall–Kier alpha value is -4.19. The van der Waals surface area contributed by atoms with E-state index in [-0.39, 0.29) is 24.4 Å². The van der Waals surface area contributed by atoms with Crippen LogP contribution < -0.4 is 16.6 Å². The fraction of sp³-hybridized carbons (Fsp3) is 0.375. The molecule has 0 saturated heterocycles. The van der Waals surface area contributed by atoms with Crippen molar-refractivity contribution in [2.45, 2.75) is 45.6 Å². The van der Waals surface area contributed by atoms with Crippen LogP contribution in [0, 0.1) is 0 Å². The number of carboxylic acids is 2. The lowest BCUT2D eigenvalue weighted by Gasteiger charge is -2.13. The monoisotopic (exact) mass is 501 g/mol. The van der Waals surface area contributed by atoms with Gasteiger partial charge in [0.25, 0.3) is 11.5 Å². The number of anilines is 1. The van der Waals surface area contributed by atoms with Gasteiger partial charge in [-0.05, 0) is 56.4 Å². The average Bonchev–Trinajstić information content (AvgIpc) is 3.24. The number of aromatic nitrogens is 3. The van der Waals surface area contributed by atoms with Crippen LogP contribution in [-0.4, -0.2) is 62.3 Å². The Balaban J connectivity index is 0.000000830. The molecule has 0 bridgehead atoms. The fourth-order valence-corrected chi connectivity index (χ4v) is 3.40. The second-order valence-corrected chi connectivity index (χ2v) is 7.77. The van der Waals surface area contributed by atoms with Crippen LogP contribution in [0.3, 0.4) is 0 Å². The number of ether oxygens (including phenoxy) is 1. The van der Waals surface area contributed by atoms with Gasteiger partial charge in [0.2, 0.25) is 5.95 Å². The number of aliphatic carboxylic acids is 2. The highest BCUT2D eigenvalue weighted by Gasteiger charge is 2.21. The Kier molecular flexibility index (Phi) is 10.6. The van der Waals surface area contributed by atoms with Gasteiger partial charge in [0, 0.05) is 31.4 Å². The van der Waals surface area contributed by atoms with Crippen LogP contribution in [0.25, 0.3) is 11.0 Å². The molecule has 3 aromatic rings. The summed E-state index contributed by atoms with van der Waals surface area (Å²) < 4.78 is 4.83. The second-order valence-electron chi connectivity index (χ2n) is 7.77. The van der Waals surface area contributed by atoms with E-state index in [9.17, 15) is 19.2 Å². The maximum Gasteiger partial charge on any atom is 0.326 e. The summed E-state index contributed by atoms with van der Waals surface area (Å²) in [4.78, 5) is 55.7. The number of amides is 1. The Morgan fingerprint density at radius 2 is 1.78 bits per heavy atom. The van der Waals surface area contributed by atoms with Gasteiger partial charge in [-0.25, -0.2) is 4.79 Å². The number of hydrogen-bond donors (Lipinski definition) is 6. The van der Waals surface area contributed by atoms with E-state index in [1.54, 1.807) is 30.5 Å². The minimum atomic E-state index is -1.30. The number of H-pyrrole nitrogens is 2. The summed E-state index contributed by atoms with van der Waals surface area (Å²) in [5, 5.41) is 20.6. The van der Waals surface area contributed by atoms with Crippen LogP contribution in [0.5, 0.6) is 0 Å². The molecule has 12 heteroatoms. The Bertz CT molecular complexity index is 1230. The molecule has 0 aliphatic carbocycles. The average molecular weight is 502 g/mol. The lowest BCUT2D eigenvalue weighted by atomic mass is 10.0. The molecule has 12 nitrogen and oxygen atoms in total. The van der Waals surface area contributed by atoms with Gasteiger partial charge in [0.1, 0.15) is 11.7 Å². The molecule has 3 rings (SSSR count). The zero-order valence-corrected chi connectivity index (χ0v) is 20.2. The number of carbonyl (C=O) groups is 3. The van der Waals surface area contributed by atoms with Crippen molar-refractivity contribution in [3.05, 3.63) is 57.5 Å². The summed E-state index contributed by atoms with van der Waals surface area (Å²) >= 11 is 0. The van der Waals surface area contributed by atoms with Crippen LogP contribution in [0.2, 0.25) is 0 Å². The number of nitrogens with one attached hydrogen (secondary N) is 3. The van der Waals surface area contributed by atoms with Crippen molar-refractivity contribution >= 4 is 34.8 Å². The van der Waals surface area contributed by atoms with Crippen LogP contribution in [0.4, 0.5) is 5.95 Å². The van der Waals surface area contributed by atoms with E-state index >= 15 is 0 Å². The lowest BCUT2D eigenvalue weighted by molar-refractivity contribution is -0.140. The van der Waals surface area contributed by atoms with E-state index < -0.39 is 29.4 Å². The lowest BCUT2D eigenvalue weighted by Crippen LogP contribution is -2.41. The first-order valence-electron chi connectivity index (χ1n) is 11.4. The van der Waals surface area contributed by atoms with Gasteiger partial charge < -0.3 is 36.0 Å². The number of fused-ring (bicyclic) bond motifs is 1. The smallest absolute Gasteiger partial charge is 0.326 e. The largest absolute Gasteiger partial charge is 0.481 e. The molecule has 0 aliphatic heterocycles. The minimum Gasteiger partial charge on any atom is -0.481 e. The number of nitrogens with zero attached hydrogens (tertiary/aromatic N) is 1. The highest BCUT2D eigenvalue weighted by atomic mass is 16.5. The van der Waals surface area contributed by atoms with E-state index in [1.165, 1.54) is 0 Å². The number of hydrogen-bond acceptors (Lipinski definition) is 7. The molecule has 1 atom stereocenters. The summed E-state index contributed by atoms with van der Waals surface area (Å²) in [6, 6.07) is 5.30. The van der Waals surface area contributed by atoms with Gasteiger partial charge in [-0.1, -0.05) is 12.1 Å². The van der Waals surface area contributed by atoms with Crippen molar-refractivity contribution in [3.8, 4) is 0 Å². The molecule has 36 heavy (non-hydrogen) atoms. The molecule has 2 heterocycles. The first kappa shape index (κ1) is 28.1. The number of rotatable bonds is 11. The van der Waals surface area contributed by atoms with Crippen LogP contribution in [0.15, 0.2) is 35.3 Å². The SMILES string of the molecule is CCOCC.Nc1nc(=O)c2c(CCc3ccc(C(=O)N[C@@H](CCC(=O)O)C(=O)O)cc3)c[nH]c2[nH]1. The van der Waals surface area contributed by atoms with Crippen molar-refractivity contribution in [2.75, 3.05) is 18.9 Å². The van der Waals surface area contributed by atoms with Gasteiger partial charge in [-0.2, -0.15) is 4.98 Å². The molecule has 2 aromatic heterocycles. The van der Waals surface area contributed by atoms with Gasteiger partial charge in [0.15, 0.2) is 0 Å². The van der Waals surface area contributed by atoms with Gasteiger partial charge >= 0.3 is 11.9 Å². The molecule has 0 unspecified atom stereocenters. The van der Waals surface area contributed by atoms with Crippen molar-refractivity contribution in [2.24, 2.45) is 0 Å². The summed E-state index contributed by atoms with van der Waals surface area (Å²) in [6.07, 6.45) is 2.29. The second kappa shape index (κ2) is 13.6. The zero-order valence-electron chi connectivity index (χ0n) is 20.2. The number of carbonyl (C=O) groups excluding carboxylic acids is 1. The molecule has 0 radical (unpaired) electrons. The number of aryl methyl sites for hydroxylation is 2. The van der Waals surface area contributed by atoms with Gasteiger partial charge in [-0.3, -0.25) is 14.4 Å². The molecule has 0 saturated carbocycles. The van der Waals surface area contributed by atoms with Crippen molar-refractivity contribution in [1.29, 1.82) is 0 Å². The Morgan fingerprint density at radius 1 is 1.11 bits per heavy atom. The predicted octanol–water partition coefficient (Wildman–Crippen LogP) is 1.71. The molecule has 0 fully saturated rings. The normalized spacial score (nSPS) is 11.4. The van der Waals surface area contributed by atoms with E-state index in [4.69, 9.17) is 20.7 Å². The van der Waals surface area contributed by atoms with Gasteiger partial charge in [-0.15, -0.1) is 0 Å². The highest BCUT2D eigenvalue weighted by Crippen LogP contribution is 2.16. The standard InChI is InChI=1S/C20H21N5O6.C4H10O/c21-20-24-16-15(18(29)25-20)12(9-22-16)6-3-10-1-4-11(5-2-10)17(28)23-13(19(30)31)7-8-14(26)27;1-3-5-4-2/h1-2,4-5,9,13H,3,6-8H2,(H,23,28)(H,26,27)(H,30,31)(H4,21,22,24,25,29);3-4H2,1-2H3/t13-;/m0./s1. The van der Waals surface area contributed by atoms with Gasteiger partial charge in [0.05, 0.1) is 5.39 Å². The molecule has 1 amide bonds. The summed E-state index contributed by atoms with van der Waals surface area (Å²) in [5.41, 5.74) is 7.59. The molecule has 7 N–H and O–H groups in total. The first-order chi connectivity index (χ1) is 17.2. The third kappa shape index (κ3) is 8.24. The number of aromatic amines is 2. The quantitative estimate of drug-likeness (QED) is 0.226. The van der Waals surface area contributed by atoms with Crippen LogP contribution >= 0.6 is 0 Å². The number of benzene rings is 1. The maximum atomic E-state index is 12.3. The molecular weight excluding hydrogens is 470 g/mol. The van der Waals surface area contributed by atoms with E-state index in [0.717, 1.165) is 24.3 Å². The van der Waals surface area contributed by atoms with Crippen LogP contribution in [0.1, 0.15) is 48.2 Å². The molecule has 1 aromatic carbocycles. The topological polar surface area (TPSA) is 200 Å². The predicted molar refractivity (Wildman–Crippen MR) is 133 cm³/mol. The highest BCUT2D eigenvalue weighted by molar-refractivity contribution is 5.96. The number of nitrogen functional groups attached to an aromatic ring is 1. The van der Waals surface area contributed by atoms with Crippen molar-refractivity contribution in [3.63, 3.8) is 0 Å². The van der Waals surface area contributed by atoms with Crippen molar-refractivity contribution < 1.29 is 29.3 Å². The summed E-state index contributed by atoms with van der Waals surface area (Å²) in [5.74, 6) is -3.00. The number of carboxylic acid groups (broad SMARTS) is 2. The fourth-order valence-electron chi connectivity index (χ4n) is 3.40. The Labute approximate surface area is 206 Å². The molecule has 0 aliphatic rings. The van der Waals surface area contributed by atoms with E-state index in [2.05, 4.69) is 20.3 Å². The number of nitrogens with two attached hydrogens (primary N) is 1. The molecule has 0 spiro atoms. The summed E-state index contributed by atoms with van der Waals surface area (Å²) in [7, 11) is 0. The van der Waals surface area contributed by atoms with E-state index in [1.807, 2.05) is 13.8 Å². The van der Waals surface area contributed by atoms with E-state index in [0.29, 0.717) is 23.9 Å². The first-order valence-corrected chi connectivity index (χ1v) is 11.4.